The molecule has 0 aliphatic rings. The molecular formula is C13H6F6N. The van der Waals surface area contributed by atoms with Gasteiger partial charge in [0.05, 0.1) is 23.0 Å². The number of hydrogen-bond donors (Lipinski definition) is 0. The number of halogens is 6. The maximum atomic E-state index is 12.7. The van der Waals surface area contributed by atoms with Gasteiger partial charge in [-0.05, 0) is 24.3 Å². The summed E-state index contributed by atoms with van der Waals surface area (Å²) in [5.41, 5.74) is -3.38. The van der Waals surface area contributed by atoms with Crippen LogP contribution in [0.5, 0.6) is 0 Å². The van der Waals surface area contributed by atoms with E-state index in [1.54, 1.807) is 0 Å². The first-order valence-electron chi connectivity index (χ1n) is 5.31. The predicted octanol–water partition coefficient (Wildman–Crippen LogP) is 4.59. The van der Waals surface area contributed by atoms with Crippen molar-refractivity contribution in [2.75, 3.05) is 0 Å². The summed E-state index contributed by atoms with van der Waals surface area (Å²) >= 11 is 0. The summed E-state index contributed by atoms with van der Waals surface area (Å²) in [6.07, 6.45) is -7.76. The average molecular weight is 290 g/mol. The Morgan fingerprint density at radius 1 is 0.850 bits per heavy atom. The van der Waals surface area contributed by atoms with Gasteiger partial charge in [0.15, 0.2) is 0 Å². The molecule has 20 heavy (non-hydrogen) atoms. The summed E-state index contributed by atoms with van der Waals surface area (Å²) in [6, 6.07) is 6.10. The van der Waals surface area contributed by atoms with Crippen molar-refractivity contribution >= 4 is 0 Å². The molecule has 2 aromatic rings. The number of hydrogen-bond acceptors (Lipinski definition) is 1. The van der Waals surface area contributed by atoms with Crippen molar-refractivity contribution < 1.29 is 26.3 Å². The van der Waals surface area contributed by atoms with Crippen molar-refractivity contribution in [2.45, 2.75) is 12.4 Å². The molecule has 1 aromatic carbocycles. The SMILES string of the molecule is FC(F)(F)c1ccc(-c2ccc[c]n2)cc1C(F)(F)F. The second-order valence-electron chi connectivity index (χ2n) is 3.91. The van der Waals surface area contributed by atoms with Crippen LogP contribution in [0, 0.1) is 6.20 Å². The first-order chi connectivity index (χ1) is 9.19. The first kappa shape index (κ1) is 14.4. The van der Waals surface area contributed by atoms with E-state index in [0.29, 0.717) is 12.1 Å². The molecule has 2 rings (SSSR count). The molecule has 0 amide bonds. The lowest BCUT2D eigenvalue weighted by Crippen LogP contribution is -2.16. The van der Waals surface area contributed by atoms with Gasteiger partial charge < -0.3 is 0 Å². The van der Waals surface area contributed by atoms with Crippen LogP contribution in [0.15, 0.2) is 36.4 Å². The zero-order chi connectivity index (χ0) is 15.0. The Labute approximate surface area is 109 Å². The van der Waals surface area contributed by atoms with Gasteiger partial charge in [-0.2, -0.15) is 26.3 Å². The van der Waals surface area contributed by atoms with E-state index < -0.39 is 23.5 Å². The summed E-state index contributed by atoms with van der Waals surface area (Å²) in [6.45, 7) is 0. The van der Waals surface area contributed by atoms with Gasteiger partial charge in [0, 0.05) is 5.56 Å². The van der Waals surface area contributed by atoms with Crippen molar-refractivity contribution in [3.8, 4) is 11.3 Å². The molecule has 0 fully saturated rings. The quantitative estimate of drug-likeness (QED) is 0.700. The van der Waals surface area contributed by atoms with Gasteiger partial charge in [0.1, 0.15) is 0 Å². The van der Waals surface area contributed by atoms with Crippen LogP contribution in [-0.4, -0.2) is 4.98 Å². The normalized spacial score (nSPS) is 12.5. The Morgan fingerprint density at radius 2 is 1.50 bits per heavy atom. The molecule has 1 nitrogen and oxygen atoms in total. The lowest BCUT2D eigenvalue weighted by atomic mass is 10.0. The smallest absolute Gasteiger partial charge is 0.246 e. The van der Waals surface area contributed by atoms with Crippen LogP contribution >= 0.6 is 0 Å². The van der Waals surface area contributed by atoms with E-state index in [4.69, 9.17) is 0 Å². The highest BCUT2D eigenvalue weighted by atomic mass is 19.4. The van der Waals surface area contributed by atoms with Gasteiger partial charge in [-0.15, -0.1) is 0 Å². The van der Waals surface area contributed by atoms with Crippen LogP contribution in [-0.2, 0) is 12.4 Å². The van der Waals surface area contributed by atoms with Gasteiger partial charge in [-0.25, -0.2) is 4.98 Å². The second kappa shape index (κ2) is 4.81. The number of alkyl halides is 6. The summed E-state index contributed by atoms with van der Waals surface area (Å²) < 4.78 is 76.0. The van der Waals surface area contributed by atoms with Crippen molar-refractivity contribution in [1.29, 1.82) is 0 Å². The van der Waals surface area contributed by atoms with Crippen molar-refractivity contribution in [2.24, 2.45) is 0 Å². The average Bonchev–Trinajstić information content (AvgIpc) is 2.37. The standard InChI is InChI=1S/C13H6F6N/c14-12(15,16)9-5-4-8(7-10(9)13(17,18)19)11-3-1-2-6-20-11/h1-5,7H. The lowest BCUT2D eigenvalue weighted by molar-refractivity contribution is -0.162. The van der Waals surface area contributed by atoms with Gasteiger partial charge in [0.2, 0.25) is 0 Å². The summed E-state index contributed by atoms with van der Waals surface area (Å²) in [5, 5.41) is 0. The topological polar surface area (TPSA) is 12.9 Å². The zero-order valence-corrected chi connectivity index (χ0v) is 9.68. The molecule has 0 aliphatic heterocycles. The Kier molecular flexibility index (Phi) is 3.45. The molecular weight excluding hydrogens is 284 g/mol. The second-order valence-corrected chi connectivity index (χ2v) is 3.91. The van der Waals surface area contributed by atoms with Crippen LogP contribution in [0.1, 0.15) is 11.1 Å². The Balaban J connectivity index is 2.62. The van der Waals surface area contributed by atoms with Crippen LogP contribution in [0.4, 0.5) is 26.3 Å². The largest absolute Gasteiger partial charge is 0.417 e. The van der Waals surface area contributed by atoms with Gasteiger partial charge in [-0.3, -0.25) is 0 Å². The zero-order valence-electron chi connectivity index (χ0n) is 9.68. The molecule has 105 valence electrons. The molecule has 0 spiro atoms. The Hall–Kier alpha value is -2.05. The van der Waals surface area contributed by atoms with Crippen LogP contribution in [0.3, 0.4) is 0 Å². The summed E-state index contributed by atoms with van der Waals surface area (Å²) in [7, 11) is 0. The number of nitrogens with zero attached hydrogens (tertiary/aromatic N) is 1. The van der Waals surface area contributed by atoms with E-state index in [1.807, 2.05) is 0 Å². The maximum absolute atomic E-state index is 12.7. The molecule has 1 radical (unpaired) electrons. The van der Waals surface area contributed by atoms with E-state index in [2.05, 4.69) is 11.2 Å². The molecule has 7 heteroatoms. The molecule has 1 aromatic heterocycles. The van der Waals surface area contributed by atoms with Gasteiger partial charge in [-0.1, -0.05) is 12.1 Å². The molecule has 1 heterocycles. The molecule has 0 N–H and O–H groups in total. The maximum Gasteiger partial charge on any atom is 0.417 e. The lowest BCUT2D eigenvalue weighted by Gasteiger charge is -2.16. The molecule has 0 saturated carbocycles. The van der Waals surface area contributed by atoms with Crippen LogP contribution in [0.2, 0.25) is 0 Å². The first-order valence-corrected chi connectivity index (χ1v) is 5.31. The van der Waals surface area contributed by atoms with E-state index >= 15 is 0 Å². The van der Waals surface area contributed by atoms with E-state index in [0.717, 1.165) is 6.07 Å². The molecule has 0 aliphatic carbocycles. The molecule has 0 atom stereocenters. The van der Waals surface area contributed by atoms with Crippen molar-refractivity contribution in [1.82, 2.24) is 4.98 Å². The fourth-order valence-corrected chi connectivity index (χ4v) is 1.67. The highest BCUT2D eigenvalue weighted by Crippen LogP contribution is 2.41. The van der Waals surface area contributed by atoms with Gasteiger partial charge in [0.25, 0.3) is 0 Å². The van der Waals surface area contributed by atoms with Gasteiger partial charge >= 0.3 is 12.4 Å². The molecule has 0 saturated heterocycles. The summed E-state index contributed by atoms with van der Waals surface area (Å²) in [4.78, 5) is 3.69. The minimum atomic E-state index is -5.10. The van der Waals surface area contributed by atoms with Crippen LogP contribution in [0.25, 0.3) is 11.3 Å². The molecule has 0 bridgehead atoms. The molecule has 0 unspecified atom stereocenters. The van der Waals surface area contributed by atoms with E-state index in [1.165, 1.54) is 18.2 Å². The highest BCUT2D eigenvalue weighted by molar-refractivity contribution is 5.61. The van der Waals surface area contributed by atoms with E-state index in [9.17, 15) is 26.3 Å². The predicted molar refractivity (Wildman–Crippen MR) is 58.5 cm³/mol. The third-order valence-corrected chi connectivity index (χ3v) is 2.54. The van der Waals surface area contributed by atoms with E-state index in [-0.39, 0.29) is 11.3 Å². The minimum absolute atomic E-state index is 0.0535. The van der Waals surface area contributed by atoms with Crippen LogP contribution < -0.4 is 0 Å². The number of aromatic nitrogens is 1. The number of pyridine rings is 1. The monoisotopic (exact) mass is 290 g/mol. The Morgan fingerprint density at radius 3 is 2.00 bits per heavy atom. The third-order valence-electron chi connectivity index (χ3n) is 2.54. The van der Waals surface area contributed by atoms with Crippen molar-refractivity contribution in [3.63, 3.8) is 0 Å². The van der Waals surface area contributed by atoms with Crippen molar-refractivity contribution in [3.05, 3.63) is 53.7 Å². The fraction of sp³-hybridized carbons (Fsp3) is 0.154. The summed E-state index contributed by atoms with van der Waals surface area (Å²) in [5.74, 6) is 0. The fourth-order valence-electron chi connectivity index (χ4n) is 1.67. The third kappa shape index (κ3) is 2.92. The Bertz CT molecular complexity index is 600. The number of rotatable bonds is 1. The minimum Gasteiger partial charge on any atom is -0.246 e. The highest BCUT2D eigenvalue weighted by Gasteiger charge is 2.43. The number of benzene rings is 1.